The van der Waals surface area contributed by atoms with Crippen LogP contribution in [-0.4, -0.2) is 44.4 Å². The molecule has 0 aliphatic carbocycles. The Morgan fingerprint density at radius 3 is 2.37 bits per heavy atom. The van der Waals surface area contributed by atoms with Gasteiger partial charge in [-0.1, -0.05) is 12.1 Å². The first-order valence-corrected chi connectivity index (χ1v) is 8.47. The molecule has 27 heavy (non-hydrogen) atoms. The van der Waals surface area contributed by atoms with E-state index in [-0.39, 0.29) is 5.11 Å². The molecule has 0 spiro atoms. The molecule has 0 aliphatic heterocycles. The highest BCUT2D eigenvalue weighted by Gasteiger charge is 2.14. The van der Waals surface area contributed by atoms with E-state index in [0.29, 0.717) is 35.8 Å². The van der Waals surface area contributed by atoms with Gasteiger partial charge in [-0.3, -0.25) is 10.1 Å². The Hall–Kier alpha value is -2.97. The smallest absolute Gasteiger partial charge is 0.337 e. The number of benzene rings is 2. The van der Waals surface area contributed by atoms with Gasteiger partial charge in [0.05, 0.1) is 24.8 Å². The molecular weight excluding hydrogens is 368 g/mol. The number of hydrogen-bond acceptors (Lipinski definition) is 6. The molecule has 0 radical (unpaired) electrons. The second-order valence-corrected chi connectivity index (χ2v) is 5.72. The van der Waals surface area contributed by atoms with E-state index >= 15 is 0 Å². The standard InChI is InChI=1S/C19H20N2O5S/c1-24-11-12-26-16-6-4-3-5-15(16)17(22)21-19(27)20-14-9-7-13(8-10-14)18(23)25-2/h3-10H,11-12H2,1-2H3,(H2,20,21,22,27). The molecule has 7 nitrogen and oxygen atoms in total. The zero-order valence-corrected chi connectivity index (χ0v) is 15.8. The molecule has 2 aromatic carbocycles. The van der Waals surface area contributed by atoms with Gasteiger partial charge in [-0.25, -0.2) is 4.79 Å². The molecule has 2 aromatic rings. The van der Waals surface area contributed by atoms with Crippen molar-refractivity contribution in [1.82, 2.24) is 5.32 Å². The number of thiocarbonyl (C=S) groups is 1. The van der Waals surface area contributed by atoms with Crippen LogP contribution < -0.4 is 15.4 Å². The maximum absolute atomic E-state index is 12.5. The van der Waals surface area contributed by atoms with Crippen molar-refractivity contribution in [3.05, 3.63) is 59.7 Å². The summed E-state index contributed by atoms with van der Waals surface area (Å²) in [5.74, 6) is -0.383. The van der Waals surface area contributed by atoms with Crippen molar-refractivity contribution in [2.45, 2.75) is 0 Å². The summed E-state index contributed by atoms with van der Waals surface area (Å²) in [5, 5.41) is 5.61. The summed E-state index contributed by atoms with van der Waals surface area (Å²) in [6.45, 7) is 0.744. The molecule has 0 unspecified atom stereocenters. The minimum absolute atomic E-state index is 0.123. The Labute approximate surface area is 162 Å². The molecule has 2 N–H and O–H groups in total. The second kappa shape index (κ2) is 10.2. The predicted molar refractivity (Wildman–Crippen MR) is 105 cm³/mol. The number of methoxy groups -OCH3 is 2. The molecule has 0 aromatic heterocycles. The van der Waals surface area contributed by atoms with Gasteiger partial charge in [0.15, 0.2) is 5.11 Å². The highest BCUT2D eigenvalue weighted by molar-refractivity contribution is 7.80. The molecule has 142 valence electrons. The van der Waals surface area contributed by atoms with Crippen LogP contribution >= 0.6 is 12.2 Å². The average molecular weight is 388 g/mol. The molecular formula is C19H20N2O5S. The first-order chi connectivity index (χ1) is 13.0. The third kappa shape index (κ3) is 6.05. The van der Waals surface area contributed by atoms with Crippen molar-refractivity contribution in [1.29, 1.82) is 0 Å². The highest BCUT2D eigenvalue weighted by atomic mass is 32.1. The first kappa shape index (κ1) is 20.3. The van der Waals surface area contributed by atoms with E-state index in [1.54, 1.807) is 55.6 Å². The number of nitrogens with one attached hydrogen (secondary N) is 2. The first-order valence-electron chi connectivity index (χ1n) is 8.06. The Bertz CT molecular complexity index is 808. The van der Waals surface area contributed by atoms with E-state index in [1.165, 1.54) is 7.11 Å². The van der Waals surface area contributed by atoms with Gasteiger partial charge in [0.25, 0.3) is 5.91 Å². The topological polar surface area (TPSA) is 85.9 Å². The molecule has 0 bridgehead atoms. The van der Waals surface area contributed by atoms with Crippen molar-refractivity contribution in [3.63, 3.8) is 0 Å². The van der Waals surface area contributed by atoms with Gasteiger partial charge in [-0.2, -0.15) is 0 Å². The Kier molecular flexibility index (Phi) is 7.72. The molecule has 8 heteroatoms. The monoisotopic (exact) mass is 388 g/mol. The summed E-state index contributed by atoms with van der Waals surface area (Å²) in [4.78, 5) is 23.9. The number of hydrogen-bond donors (Lipinski definition) is 2. The van der Waals surface area contributed by atoms with Crippen LogP contribution in [0.25, 0.3) is 0 Å². The minimum atomic E-state index is -0.428. The molecule has 0 saturated carbocycles. The van der Waals surface area contributed by atoms with Crippen LogP contribution in [0.15, 0.2) is 48.5 Å². The van der Waals surface area contributed by atoms with E-state index in [0.717, 1.165) is 0 Å². The molecule has 0 fully saturated rings. The lowest BCUT2D eigenvalue weighted by atomic mass is 10.2. The van der Waals surface area contributed by atoms with Crippen molar-refractivity contribution in [2.75, 3.05) is 32.8 Å². The number of ether oxygens (including phenoxy) is 3. The third-order valence-electron chi connectivity index (χ3n) is 3.47. The van der Waals surface area contributed by atoms with Crippen LogP contribution in [-0.2, 0) is 9.47 Å². The summed E-state index contributed by atoms with van der Waals surface area (Å²) in [5.41, 5.74) is 1.40. The number of anilines is 1. The molecule has 0 saturated heterocycles. The van der Waals surface area contributed by atoms with E-state index in [1.807, 2.05) is 0 Å². The van der Waals surface area contributed by atoms with Crippen LogP contribution in [0.5, 0.6) is 5.75 Å². The molecule has 0 aliphatic rings. The molecule has 0 heterocycles. The maximum Gasteiger partial charge on any atom is 0.337 e. The number of amides is 1. The maximum atomic E-state index is 12.5. The van der Waals surface area contributed by atoms with Gasteiger partial charge >= 0.3 is 5.97 Å². The molecule has 2 rings (SSSR count). The van der Waals surface area contributed by atoms with Crippen molar-refractivity contribution < 1.29 is 23.8 Å². The van der Waals surface area contributed by atoms with Gasteiger partial charge in [0.2, 0.25) is 0 Å². The van der Waals surface area contributed by atoms with Crippen LogP contribution in [0, 0.1) is 0 Å². The van der Waals surface area contributed by atoms with Crippen LogP contribution in [0.4, 0.5) is 5.69 Å². The lowest BCUT2D eigenvalue weighted by Crippen LogP contribution is -2.34. The predicted octanol–water partition coefficient (Wildman–Crippen LogP) is 2.63. The largest absolute Gasteiger partial charge is 0.490 e. The SMILES string of the molecule is COCCOc1ccccc1C(=O)NC(=S)Nc1ccc(C(=O)OC)cc1. The number of rotatable bonds is 7. The number of para-hydroxylation sites is 1. The van der Waals surface area contributed by atoms with Gasteiger partial charge in [0.1, 0.15) is 12.4 Å². The number of carbonyl (C=O) groups excluding carboxylic acids is 2. The van der Waals surface area contributed by atoms with Crippen molar-refractivity contribution in [3.8, 4) is 5.75 Å². The van der Waals surface area contributed by atoms with Gasteiger partial charge < -0.3 is 19.5 Å². The normalized spacial score (nSPS) is 10.0. The third-order valence-corrected chi connectivity index (χ3v) is 3.67. The molecule has 0 atom stereocenters. The van der Waals surface area contributed by atoms with Gasteiger partial charge in [0, 0.05) is 12.8 Å². The summed E-state index contributed by atoms with van der Waals surface area (Å²) in [6, 6.07) is 13.4. The summed E-state index contributed by atoms with van der Waals surface area (Å²) < 4.78 is 15.1. The fourth-order valence-corrected chi connectivity index (χ4v) is 2.37. The fraction of sp³-hybridized carbons (Fsp3) is 0.211. The Morgan fingerprint density at radius 1 is 1.00 bits per heavy atom. The van der Waals surface area contributed by atoms with E-state index in [2.05, 4.69) is 15.4 Å². The summed E-state index contributed by atoms with van der Waals surface area (Å²) >= 11 is 5.17. The molecule has 1 amide bonds. The zero-order valence-electron chi connectivity index (χ0n) is 15.0. The van der Waals surface area contributed by atoms with E-state index in [9.17, 15) is 9.59 Å². The minimum Gasteiger partial charge on any atom is -0.490 e. The number of carbonyl (C=O) groups is 2. The average Bonchev–Trinajstić information content (AvgIpc) is 2.68. The number of esters is 1. The lowest BCUT2D eigenvalue weighted by molar-refractivity contribution is 0.0600. The van der Waals surface area contributed by atoms with E-state index < -0.39 is 11.9 Å². The van der Waals surface area contributed by atoms with Crippen LogP contribution in [0.3, 0.4) is 0 Å². The van der Waals surface area contributed by atoms with Gasteiger partial charge in [-0.15, -0.1) is 0 Å². The lowest BCUT2D eigenvalue weighted by Gasteiger charge is -2.13. The second-order valence-electron chi connectivity index (χ2n) is 5.31. The van der Waals surface area contributed by atoms with Gasteiger partial charge in [-0.05, 0) is 48.6 Å². The van der Waals surface area contributed by atoms with Crippen LogP contribution in [0.2, 0.25) is 0 Å². The van der Waals surface area contributed by atoms with Crippen LogP contribution in [0.1, 0.15) is 20.7 Å². The Balaban J connectivity index is 1.97. The summed E-state index contributed by atoms with van der Waals surface area (Å²) in [6.07, 6.45) is 0. The summed E-state index contributed by atoms with van der Waals surface area (Å²) in [7, 11) is 2.89. The fourth-order valence-electron chi connectivity index (χ4n) is 2.16. The zero-order chi connectivity index (χ0) is 19.6. The van der Waals surface area contributed by atoms with Crippen molar-refractivity contribution >= 4 is 34.9 Å². The quantitative estimate of drug-likeness (QED) is 0.428. The highest BCUT2D eigenvalue weighted by Crippen LogP contribution is 2.18. The van der Waals surface area contributed by atoms with Crippen molar-refractivity contribution in [2.24, 2.45) is 0 Å². The Morgan fingerprint density at radius 2 is 1.70 bits per heavy atom. The van der Waals surface area contributed by atoms with E-state index in [4.69, 9.17) is 21.7 Å².